The summed E-state index contributed by atoms with van der Waals surface area (Å²) in [4.78, 5) is 1.23. The molecule has 3 heteroatoms. The molecule has 18 heavy (non-hydrogen) atoms. The lowest BCUT2D eigenvalue weighted by Gasteiger charge is -2.31. The molecule has 0 amide bonds. The van der Waals surface area contributed by atoms with Crippen molar-refractivity contribution in [3.05, 3.63) is 24.3 Å². The average Bonchev–Trinajstić information content (AvgIpc) is 2.34. The van der Waals surface area contributed by atoms with Crippen LogP contribution in [0.2, 0.25) is 0 Å². The summed E-state index contributed by atoms with van der Waals surface area (Å²) in [5.41, 5.74) is 6.62. The van der Waals surface area contributed by atoms with Gasteiger partial charge >= 0.3 is 0 Å². The largest absolute Gasteiger partial charge is 0.487 e. The fourth-order valence-corrected chi connectivity index (χ4v) is 3.12. The summed E-state index contributed by atoms with van der Waals surface area (Å²) in [6.07, 6.45) is 2.31. The van der Waals surface area contributed by atoms with Crippen LogP contribution in [0.25, 0.3) is 0 Å². The van der Waals surface area contributed by atoms with E-state index in [1.807, 2.05) is 23.9 Å². The van der Waals surface area contributed by atoms with Crippen molar-refractivity contribution < 1.29 is 4.74 Å². The first-order chi connectivity index (χ1) is 8.46. The van der Waals surface area contributed by atoms with E-state index in [0.29, 0.717) is 5.41 Å². The number of para-hydroxylation sites is 1. The van der Waals surface area contributed by atoms with Gasteiger partial charge in [-0.25, -0.2) is 0 Å². The van der Waals surface area contributed by atoms with Crippen LogP contribution in [0, 0.1) is 5.41 Å². The van der Waals surface area contributed by atoms with Gasteiger partial charge in [0.1, 0.15) is 11.9 Å². The maximum Gasteiger partial charge on any atom is 0.133 e. The molecular weight excluding hydrogens is 242 g/mol. The van der Waals surface area contributed by atoms with Crippen molar-refractivity contribution in [1.29, 1.82) is 0 Å². The SMILES string of the molecule is CC(C)(C)CCC(N)C1CSc2ccccc2O1. The first-order valence-corrected chi connectivity index (χ1v) is 7.58. The van der Waals surface area contributed by atoms with Crippen LogP contribution in [-0.4, -0.2) is 17.9 Å². The molecule has 0 saturated heterocycles. The van der Waals surface area contributed by atoms with Crippen LogP contribution in [0.15, 0.2) is 29.2 Å². The van der Waals surface area contributed by atoms with E-state index in [9.17, 15) is 0 Å². The molecule has 0 spiro atoms. The number of rotatable bonds is 3. The molecule has 0 saturated carbocycles. The van der Waals surface area contributed by atoms with Gasteiger partial charge in [0.05, 0.1) is 0 Å². The van der Waals surface area contributed by atoms with Crippen molar-refractivity contribution in [3.8, 4) is 5.75 Å². The highest BCUT2D eigenvalue weighted by atomic mass is 32.2. The van der Waals surface area contributed by atoms with Gasteiger partial charge in [0.2, 0.25) is 0 Å². The molecule has 0 aliphatic carbocycles. The number of hydrogen-bond acceptors (Lipinski definition) is 3. The van der Waals surface area contributed by atoms with E-state index < -0.39 is 0 Å². The molecule has 2 rings (SSSR count). The summed E-state index contributed by atoms with van der Waals surface area (Å²) in [5, 5.41) is 0. The Kier molecular flexibility index (Phi) is 4.23. The van der Waals surface area contributed by atoms with E-state index in [1.54, 1.807) is 0 Å². The number of nitrogens with two attached hydrogens (primary N) is 1. The molecule has 1 aromatic carbocycles. The Labute approximate surface area is 114 Å². The van der Waals surface area contributed by atoms with Gasteiger partial charge in [-0.3, -0.25) is 0 Å². The second-order valence-electron chi connectivity index (χ2n) is 6.18. The molecular formula is C15H23NOS. The van der Waals surface area contributed by atoms with E-state index in [1.165, 1.54) is 4.90 Å². The monoisotopic (exact) mass is 265 g/mol. The van der Waals surface area contributed by atoms with Crippen molar-refractivity contribution in [2.45, 2.75) is 50.7 Å². The Hall–Kier alpha value is -0.670. The number of thioether (sulfide) groups is 1. The number of benzene rings is 1. The smallest absolute Gasteiger partial charge is 0.133 e. The highest BCUT2D eigenvalue weighted by Gasteiger charge is 2.26. The van der Waals surface area contributed by atoms with E-state index in [4.69, 9.17) is 10.5 Å². The zero-order valence-corrected chi connectivity index (χ0v) is 12.3. The molecule has 2 N–H and O–H groups in total. The Morgan fingerprint density at radius 1 is 1.39 bits per heavy atom. The normalized spacial score (nSPS) is 21.0. The quantitative estimate of drug-likeness (QED) is 0.905. The molecule has 2 atom stereocenters. The Balaban J connectivity index is 1.92. The zero-order chi connectivity index (χ0) is 13.2. The lowest BCUT2D eigenvalue weighted by atomic mass is 9.88. The van der Waals surface area contributed by atoms with Crippen molar-refractivity contribution in [2.24, 2.45) is 11.1 Å². The zero-order valence-electron chi connectivity index (χ0n) is 11.5. The molecule has 1 aliphatic rings. The Morgan fingerprint density at radius 2 is 2.11 bits per heavy atom. The second-order valence-corrected chi connectivity index (χ2v) is 7.24. The molecule has 100 valence electrons. The second kappa shape index (κ2) is 5.54. The number of ether oxygens (including phenoxy) is 1. The highest BCUT2D eigenvalue weighted by molar-refractivity contribution is 7.99. The minimum Gasteiger partial charge on any atom is -0.487 e. The van der Waals surface area contributed by atoms with Crippen LogP contribution >= 0.6 is 11.8 Å². The molecule has 0 fully saturated rings. The highest BCUT2D eigenvalue weighted by Crippen LogP contribution is 2.36. The lowest BCUT2D eigenvalue weighted by Crippen LogP contribution is -2.42. The fourth-order valence-electron chi connectivity index (χ4n) is 2.03. The topological polar surface area (TPSA) is 35.2 Å². The van der Waals surface area contributed by atoms with E-state index >= 15 is 0 Å². The van der Waals surface area contributed by atoms with E-state index in [-0.39, 0.29) is 12.1 Å². The molecule has 1 aromatic rings. The molecule has 0 aromatic heterocycles. The predicted molar refractivity (Wildman–Crippen MR) is 78.2 cm³/mol. The third kappa shape index (κ3) is 3.66. The predicted octanol–water partition coefficient (Wildman–Crippen LogP) is 3.69. The molecule has 1 aliphatic heterocycles. The minimum atomic E-state index is 0.130. The van der Waals surface area contributed by atoms with Gasteiger partial charge in [0.15, 0.2) is 0 Å². The van der Waals surface area contributed by atoms with Gasteiger partial charge in [0, 0.05) is 16.7 Å². The van der Waals surface area contributed by atoms with Crippen LogP contribution in [-0.2, 0) is 0 Å². The number of fused-ring (bicyclic) bond motifs is 1. The van der Waals surface area contributed by atoms with Crippen LogP contribution < -0.4 is 10.5 Å². The van der Waals surface area contributed by atoms with Crippen LogP contribution in [0.4, 0.5) is 0 Å². The van der Waals surface area contributed by atoms with Crippen LogP contribution in [0.3, 0.4) is 0 Å². The first kappa shape index (κ1) is 13.8. The van der Waals surface area contributed by atoms with Gasteiger partial charge in [-0.1, -0.05) is 32.9 Å². The first-order valence-electron chi connectivity index (χ1n) is 6.60. The van der Waals surface area contributed by atoms with Crippen LogP contribution in [0.5, 0.6) is 5.75 Å². The molecule has 0 bridgehead atoms. The number of hydrogen-bond donors (Lipinski definition) is 1. The summed E-state index contributed by atoms with van der Waals surface area (Å²) < 4.78 is 6.01. The maximum atomic E-state index is 6.27. The van der Waals surface area contributed by atoms with E-state index in [2.05, 4.69) is 32.9 Å². The standard InChI is InChI=1S/C15H23NOS/c1-15(2,3)9-8-11(16)13-10-18-14-7-5-4-6-12(14)17-13/h4-7,11,13H,8-10,16H2,1-3H3. The third-order valence-corrected chi connectivity index (χ3v) is 4.38. The van der Waals surface area contributed by atoms with Crippen molar-refractivity contribution in [1.82, 2.24) is 0 Å². The summed E-state index contributed by atoms with van der Waals surface area (Å²) in [7, 11) is 0. The van der Waals surface area contributed by atoms with E-state index in [0.717, 1.165) is 24.3 Å². The van der Waals surface area contributed by atoms with Gasteiger partial charge in [-0.15, -0.1) is 11.8 Å². The maximum absolute atomic E-state index is 6.27. The fraction of sp³-hybridized carbons (Fsp3) is 0.600. The average molecular weight is 265 g/mol. The molecule has 2 nitrogen and oxygen atoms in total. The molecule has 2 unspecified atom stereocenters. The van der Waals surface area contributed by atoms with Gasteiger partial charge in [-0.2, -0.15) is 0 Å². The molecule has 1 heterocycles. The Morgan fingerprint density at radius 3 is 2.83 bits per heavy atom. The summed E-state index contributed by atoms with van der Waals surface area (Å²) in [5.74, 6) is 1.95. The summed E-state index contributed by atoms with van der Waals surface area (Å²) in [6.45, 7) is 6.77. The van der Waals surface area contributed by atoms with Gasteiger partial charge in [-0.05, 0) is 30.4 Å². The minimum absolute atomic E-state index is 0.130. The van der Waals surface area contributed by atoms with Crippen molar-refractivity contribution in [2.75, 3.05) is 5.75 Å². The molecule has 0 radical (unpaired) electrons. The Bertz CT molecular complexity index is 400. The van der Waals surface area contributed by atoms with Gasteiger partial charge in [0.25, 0.3) is 0 Å². The van der Waals surface area contributed by atoms with Crippen molar-refractivity contribution >= 4 is 11.8 Å². The third-order valence-electron chi connectivity index (χ3n) is 3.24. The van der Waals surface area contributed by atoms with Crippen LogP contribution in [0.1, 0.15) is 33.6 Å². The van der Waals surface area contributed by atoms with Crippen molar-refractivity contribution in [3.63, 3.8) is 0 Å². The summed E-state index contributed by atoms with van der Waals surface area (Å²) >= 11 is 1.85. The lowest BCUT2D eigenvalue weighted by molar-refractivity contribution is 0.171. The summed E-state index contributed by atoms with van der Waals surface area (Å²) in [6, 6.07) is 8.34. The van der Waals surface area contributed by atoms with Gasteiger partial charge < -0.3 is 10.5 Å².